The predicted molar refractivity (Wildman–Crippen MR) is 100 cm³/mol. The van der Waals surface area contributed by atoms with Gasteiger partial charge < -0.3 is 10.6 Å². The number of pyridine rings is 1. The number of hydrogen-bond acceptors (Lipinski definition) is 4. The van der Waals surface area contributed by atoms with Crippen molar-refractivity contribution in [3.8, 4) is 0 Å². The molecule has 0 aliphatic heterocycles. The van der Waals surface area contributed by atoms with Gasteiger partial charge in [0, 0.05) is 31.0 Å². The second kappa shape index (κ2) is 9.91. The molecular weight excluding hydrogens is 353 g/mol. The molecule has 0 spiro atoms. The van der Waals surface area contributed by atoms with Crippen LogP contribution in [0.25, 0.3) is 0 Å². The topological polar surface area (TPSA) is 71.1 Å². The lowest BCUT2D eigenvalue weighted by Gasteiger charge is -2.10. The second-order valence-corrected chi connectivity index (χ2v) is 6.96. The number of amides is 2. The van der Waals surface area contributed by atoms with Crippen molar-refractivity contribution in [3.63, 3.8) is 0 Å². The van der Waals surface area contributed by atoms with Crippen molar-refractivity contribution in [2.75, 3.05) is 6.54 Å². The normalized spacial score (nSPS) is 10.6. The van der Waals surface area contributed by atoms with E-state index in [1.807, 2.05) is 13.8 Å². The lowest BCUT2D eigenvalue weighted by Crippen LogP contribution is -2.34. The number of carbonyl (C=O) groups is 2. The molecule has 1 aromatic heterocycles. The minimum Gasteiger partial charge on any atom is -0.354 e. The van der Waals surface area contributed by atoms with Crippen LogP contribution in [-0.2, 0) is 10.5 Å². The van der Waals surface area contributed by atoms with Gasteiger partial charge in [-0.3, -0.25) is 9.59 Å². The predicted octanol–water partition coefficient (Wildman–Crippen LogP) is 3.16. The summed E-state index contributed by atoms with van der Waals surface area (Å²) >= 11 is 1.41. The Balaban J connectivity index is 1.91. The fraction of sp³-hybridized carbons (Fsp3) is 0.316. The van der Waals surface area contributed by atoms with Gasteiger partial charge in [0.1, 0.15) is 10.8 Å². The van der Waals surface area contributed by atoms with Gasteiger partial charge in [0.05, 0.1) is 5.56 Å². The van der Waals surface area contributed by atoms with Crippen LogP contribution in [-0.4, -0.2) is 29.4 Å². The van der Waals surface area contributed by atoms with Gasteiger partial charge in [-0.05, 0) is 43.7 Å². The lowest BCUT2D eigenvalue weighted by atomic mass is 10.2. The molecule has 2 N–H and O–H groups in total. The monoisotopic (exact) mass is 375 g/mol. The molecule has 2 rings (SSSR count). The van der Waals surface area contributed by atoms with Crippen LogP contribution in [0.1, 0.15) is 36.2 Å². The SMILES string of the molecule is CC(C)NC(=O)CCNC(=O)c1cccnc1SCc1ccc(F)cc1. The number of halogens is 1. The molecule has 0 atom stereocenters. The molecule has 0 aliphatic carbocycles. The summed E-state index contributed by atoms with van der Waals surface area (Å²) in [6.45, 7) is 4.03. The number of hydrogen-bond donors (Lipinski definition) is 2. The summed E-state index contributed by atoms with van der Waals surface area (Å²) in [4.78, 5) is 28.3. The maximum atomic E-state index is 13.0. The van der Waals surface area contributed by atoms with Crippen LogP contribution >= 0.6 is 11.8 Å². The number of nitrogens with one attached hydrogen (secondary N) is 2. The van der Waals surface area contributed by atoms with Crippen molar-refractivity contribution in [2.24, 2.45) is 0 Å². The van der Waals surface area contributed by atoms with E-state index in [1.165, 1.54) is 23.9 Å². The molecule has 26 heavy (non-hydrogen) atoms. The summed E-state index contributed by atoms with van der Waals surface area (Å²) in [5, 5.41) is 6.12. The van der Waals surface area contributed by atoms with E-state index >= 15 is 0 Å². The van der Waals surface area contributed by atoms with Crippen molar-refractivity contribution >= 4 is 23.6 Å². The van der Waals surface area contributed by atoms with E-state index in [-0.39, 0.29) is 36.6 Å². The first-order chi connectivity index (χ1) is 12.5. The minimum atomic E-state index is -0.279. The average molecular weight is 375 g/mol. The zero-order valence-electron chi connectivity index (χ0n) is 14.8. The van der Waals surface area contributed by atoms with Crippen molar-refractivity contribution in [1.82, 2.24) is 15.6 Å². The van der Waals surface area contributed by atoms with Crippen LogP contribution < -0.4 is 10.6 Å². The smallest absolute Gasteiger partial charge is 0.254 e. The highest BCUT2D eigenvalue weighted by Gasteiger charge is 2.13. The number of carbonyl (C=O) groups excluding carboxylic acids is 2. The molecule has 2 amide bonds. The molecule has 7 heteroatoms. The van der Waals surface area contributed by atoms with Gasteiger partial charge in [0.2, 0.25) is 5.91 Å². The number of aromatic nitrogens is 1. The fourth-order valence-corrected chi connectivity index (χ4v) is 3.14. The molecular formula is C19H22FN3O2S. The van der Waals surface area contributed by atoms with Crippen molar-refractivity contribution in [2.45, 2.75) is 37.1 Å². The Morgan fingerprint density at radius 3 is 2.62 bits per heavy atom. The maximum Gasteiger partial charge on any atom is 0.254 e. The Kier molecular flexibility index (Phi) is 7.59. The highest BCUT2D eigenvalue weighted by atomic mass is 32.2. The van der Waals surface area contributed by atoms with Gasteiger partial charge in [-0.2, -0.15) is 0 Å². The van der Waals surface area contributed by atoms with Gasteiger partial charge >= 0.3 is 0 Å². The molecule has 0 fully saturated rings. The van der Waals surface area contributed by atoms with E-state index < -0.39 is 0 Å². The van der Waals surface area contributed by atoms with Crippen LogP contribution in [0.4, 0.5) is 4.39 Å². The molecule has 1 aromatic carbocycles. The van der Waals surface area contributed by atoms with Gasteiger partial charge in [-0.15, -0.1) is 11.8 Å². The van der Waals surface area contributed by atoms with Gasteiger partial charge in [0.15, 0.2) is 0 Å². The number of nitrogens with zero attached hydrogens (tertiary/aromatic N) is 1. The van der Waals surface area contributed by atoms with Crippen LogP contribution in [0.2, 0.25) is 0 Å². The molecule has 2 aromatic rings. The summed E-state index contributed by atoms with van der Waals surface area (Å²) in [6, 6.07) is 9.70. The molecule has 0 unspecified atom stereocenters. The van der Waals surface area contributed by atoms with E-state index in [0.717, 1.165) is 5.56 Å². The molecule has 5 nitrogen and oxygen atoms in total. The molecule has 0 aliphatic rings. The van der Waals surface area contributed by atoms with E-state index in [2.05, 4.69) is 15.6 Å². The van der Waals surface area contributed by atoms with Crippen LogP contribution in [0.15, 0.2) is 47.6 Å². The van der Waals surface area contributed by atoms with E-state index in [4.69, 9.17) is 0 Å². The van der Waals surface area contributed by atoms with Crippen molar-refractivity contribution < 1.29 is 14.0 Å². The summed E-state index contributed by atoms with van der Waals surface area (Å²) in [5.74, 6) is -0.0680. The largest absolute Gasteiger partial charge is 0.354 e. The van der Waals surface area contributed by atoms with E-state index in [1.54, 1.807) is 30.5 Å². The van der Waals surface area contributed by atoms with Crippen LogP contribution in [0.5, 0.6) is 0 Å². The van der Waals surface area contributed by atoms with Crippen LogP contribution in [0, 0.1) is 5.82 Å². The quantitative estimate of drug-likeness (QED) is 0.696. The lowest BCUT2D eigenvalue weighted by molar-refractivity contribution is -0.121. The first kappa shape index (κ1) is 19.9. The minimum absolute atomic E-state index is 0.0750. The molecule has 0 saturated heterocycles. The Morgan fingerprint density at radius 1 is 1.19 bits per heavy atom. The standard InChI is InChI=1S/C19H22FN3O2S/c1-13(2)23-17(24)9-11-21-18(25)16-4-3-10-22-19(16)26-12-14-5-7-15(20)8-6-14/h3-8,10,13H,9,11-12H2,1-2H3,(H,21,25)(H,23,24). The number of rotatable bonds is 8. The Labute approximate surface area is 156 Å². The van der Waals surface area contributed by atoms with Gasteiger partial charge in [0.25, 0.3) is 5.91 Å². The van der Waals surface area contributed by atoms with Gasteiger partial charge in [-0.1, -0.05) is 12.1 Å². The zero-order chi connectivity index (χ0) is 18.9. The van der Waals surface area contributed by atoms with E-state index in [9.17, 15) is 14.0 Å². The number of benzene rings is 1. The summed E-state index contributed by atoms with van der Waals surface area (Å²) in [6.07, 6.45) is 1.85. The molecule has 0 saturated carbocycles. The highest BCUT2D eigenvalue weighted by molar-refractivity contribution is 7.98. The highest BCUT2D eigenvalue weighted by Crippen LogP contribution is 2.24. The average Bonchev–Trinajstić information content (AvgIpc) is 2.61. The molecule has 0 radical (unpaired) electrons. The van der Waals surface area contributed by atoms with Crippen molar-refractivity contribution in [3.05, 3.63) is 59.5 Å². The first-order valence-electron chi connectivity index (χ1n) is 8.35. The first-order valence-corrected chi connectivity index (χ1v) is 9.34. The Bertz CT molecular complexity index is 751. The number of thioether (sulfide) groups is 1. The third-order valence-electron chi connectivity index (χ3n) is 3.39. The second-order valence-electron chi connectivity index (χ2n) is 6.00. The third-order valence-corrected chi connectivity index (χ3v) is 4.47. The molecule has 1 heterocycles. The molecule has 138 valence electrons. The molecule has 0 bridgehead atoms. The third kappa shape index (κ3) is 6.48. The van der Waals surface area contributed by atoms with Crippen molar-refractivity contribution in [1.29, 1.82) is 0 Å². The fourth-order valence-electron chi connectivity index (χ4n) is 2.19. The maximum absolute atomic E-state index is 13.0. The Morgan fingerprint density at radius 2 is 1.92 bits per heavy atom. The summed E-state index contributed by atoms with van der Waals surface area (Å²) in [7, 11) is 0. The summed E-state index contributed by atoms with van der Waals surface area (Å²) < 4.78 is 13.0. The van der Waals surface area contributed by atoms with E-state index in [0.29, 0.717) is 16.3 Å². The van der Waals surface area contributed by atoms with Gasteiger partial charge in [-0.25, -0.2) is 9.37 Å². The summed E-state index contributed by atoms with van der Waals surface area (Å²) in [5.41, 5.74) is 1.41. The zero-order valence-corrected chi connectivity index (χ0v) is 15.6. The Hall–Kier alpha value is -2.41. The van der Waals surface area contributed by atoms with Crippen LogP contribution in [0.3, 0.4) is 0 Å².